The molecule has 2 aromatic carbocycles. The van der Waals surface area contributed by atoms with Gasteiger partial charge in [0.05, 0.1) is 53.4 Å². The van der Waals surface area contributed by atoms with Gasteiger partial charge < -0.3 is 39.8 Å². The summed E-state index contributed by atoms with van der Waals surface area (Å²) in [7, 11) is 1.95. The van der Waals surface area contributed by atoms with Crippen LogP contribution in [-0.2, 0) is 41.2 Å². The summed E-state index contributed by atoms with van der Waals surface area (Å²) in [6.45, 7) is 7.54. The van der Waals surface area contributed by atoms with Crippen molar-refractivity contribution in [2.45, 2.75) is 76.7 Å². The Balaban J connectivity index is 0.747. The van der Waals surface area contributed by atoms with E-state index in [0.29, 0.717) is 82.5 Å². The number of piperidine rings is 1. The fraction of sp³-hybridized carbons (Fsp3) is 0.462. The van der Waals surface area contributed by atoms with E-state index in [1.807, 2.05) is 30.7 Å². The van der Waals surface area contributed by atoms with E-state index >= 15 is 4.39 Å². The monoisotopic (exact) mass is 1070 g/mol. The molecule has 4 aliphatic rings. The molecule has 4 N–H and O–H groups in total. The van der Waals surface area contributed by atoms with Crippen molar-refractivity contribution in [2.24, 2.45) is 0 Å². The molecule has 7 amide bonds. The van der Waals surface area contributed by atoms with Crippen molar-refractivity contribution >= 4 is 58.7 Å². The van der Waals surface area contributed by atoms with Crippen LogP contribution in [-0.4, -0.2) is 168 Å². The van der Waals surface area contributed by atoms with Crippen LogP contribution < -0.4 is 31.3 Å². The van der Waals surface area contributed by atoms with Crippen LogP contribution in [0.25, 0.3) is 11.1 Å². The first kappa shape index (κ1) is 55.6. The zero-order chi connectivity index (χ0) is 55.1. The second-order valence-corrected chi connectivity index (χ2v) is 19.3. The number of benzene rings is 2. The zero-order valence-corrected chi connectivity index (χ0v) is 42.7. The lowest BCUT2D eigenvalue weighted by Crippen LogP contribution is -2.55. The van der Waals surface area contributed by atoms with Crippen molar-refractivity contribution in [3.8, 4) is 11.1 Å². The molecular weight excluding hydrogens is 1010 g/mol. The lowest BCUT2D eigenvalue weighted by atomic mass is 9.99. The van der Waals surface area contributed by atoms with E-state index < -0.39 is 64.3 Å². The van der Waals surface area contributed by atoms with Crippen LogP contribution in [0.5, 0.6) is 0 Å². The van der Waals surface area contributed by atoms with Crippen LogP contribution in [0.1, 0.15) is 88.2 Å². The molecule has 410 valence electrons. The molecule has 6 heterocycles. The first-order valence-corrected chi connectivity index (χ1v) is 25.3. The summed E-state index contributed by atoms with van der Waals surface area (Å²) in [6, 6.07) is 6.84. The van der Waals surface area contributed by atoms with Crippen LogP contribution in [0.4, 0.5) is 34.9 Å². The van der Waals surface area contributed by atoms with Gasteiger partial charge in [-0.2, -0.15) is 13.2 Å². The highest BCUT2D eigenvalue weighted by molar-refractivity contribution is 6.24. The molecule has 4 aliphatic heterocycles. The van der Waals surface area contributed by atoms with Crippen molar-refractivity contribution in [3.05, 3.63) is 99.0 Å². The molecule has 3 atom stereocenters. The van der Waals surface area contributed by atoms with Gasteiger partial charge in [-0.15, -0.1) is 0 Å². The number of imide groups is 2. The van der Waals surface area contributed by atoms with Crippen molar-refractivity contribution in [1.82, 2.24) is 40.3 Å². The van der Waals surface area contributed by atoms with Crippen LogP contribution in [0.15, 0.2) is 59.8 Å². The fourth-order valence-electron chi connectivity index (χ4n) is 9.82. The predicted molar refractivity (Wildman–Crippen MR) is 270 cm³/mol. The predicted octanol–water partition coefficient (Wildman–Crippen LogP) is 3.38. The van der Waals surface area contributed by atoms with Crippen molar-refractivity contribution in [2.75, 3.05) is 94.4 Å². The molecular formula is C52H59F4N11O10. The number of piperazine rings is 2. The molecule has 0 spiro atoms. The van der Waals surface area contributed by atoms with Crippen molar-refractivity contribution < 1.29 is 60.6 Å². The van der Waals surface area contributed by atoms with Gasteiger partial charge in [0, 0.05) is 120 Å². The number of amides is 7. The van der Waals surface area contributed by atoms with Crippen LogP contribution in [0.2, 0.25) is 0 Å². The lowest BCUT2D eigenvalue weighted by molar-refractivity contribution is -0.138. The number of carbonyl (C=O) groups is 7. The number of nitrogens with zero attached hydrogens (tertiary/aromatic N) is 7. The van der Waals surface area contributed by atoms with Crippen LogP contribution in [0.3, 0.4) is 0 Å². The third kappa shape index (κ3) is 13.0. The number of aromatic amines is 1. The Hall–Kier alpha value is -7.64. The molecule has 21 nitrogen and oxygen atoms in total. The smallest absolute Gasteiger partial charge is 0.379 e. The average Bonchev–Trinajstić information content (AvgIpc) is 3.70. The molecule has 1 unspecified atom stereocenters. The Labute approximate surface area is 439 Å². The Bertz CT molecular complexity index is 2960. The number of halogens is 4. The Kier molecular flexibility index (Phi) is 17.4. The highest BCUT2D eigenvalue weighted by Crippen LogP contribution is 2.38. The number of fused-ring (bicyclic) bond motifs is 1. The van der Waals surface area contributed by atoms with Gasteiger partial charge in [0.1, 0.15) is 11.9 Å². The standard InChI is InChI=1S/C52H59F4N11O10/c1-30-28-66(29-31(2)63(30)3)41-24-38(53)35(22-39(41)61-47(72)36-27-58-44(70)23-37(36)52(54,55)56)33-25-59-51(60-26-33)65-16-14-64(15-17-65)45(71)12-11-42(68)57-13-19-77-21-20-76-18-5-7-32-6-4-8-34-46(32)50(75)67(49(34)74)40-9-10-43(69)62-48(40)73/h4,6,8,22-27,30-31,40H,5,7,9-21,28-29H2,1-3H3,(H,57,68)(H,58,70)(H,61,72)(H,62,69,73)/t30-,31+,40?. The number of alkyl halides is 3. The Morgan fingerprint density at radius 1 is 0.844 bits per heavy atom. The van der Waals surface area contributed by atoms with Gasteiger partial charge in [-0.25, -0.2) is 14.4 Å². The minimum Gasteiger partial charge on any atom is -0.379 e. The van der Waals surface area contributed by atoms with Gasteiger partial charge in [0.25, 0.3) is 17.7 Å². The first-order valence-electron chi connectivity index (χ1n) is 25.3. The van der Waals surface area contributed by atoms with Crippen LogP contribution in [0, 0.1) is 5.82 Å². The quantitative estimate of drug-likeness (QED) is 0.0597. The topological polar surface area (TPSA) is 249 Å². The summed E-state index contributed by atoms with van der Waals surface area (Å²) in [5.74, 6) is -4.28. The molecule has 0 aliphatic carbocycles. The van der Waals surface area contributed by atoms with Gasteiger partial charge in [-0.05, 0) is 63.9 Å². The maximum absolute atomic E-state index is 16.1. The van der Waals surface area contributed by atoms with Gasteiger partial charge in [0.2, 0.25) is 35.1 Å². The fourth-order valence-corrected chi connectivity index (χ4v) is 9.82. The number of aryl methyl sites for hydroxylation is 1. The molecule has 0 bridgehead atoms. The summed E-state index contributed by atoms with van der Waals surface area (Å²) in [5.41, 5.74) is -1.64. The molecule has 8 rings (SSSR count). The molecule has 0 saturated carbocycles. The lowest BCUT2D eigenvalue weighted by Gasteiger charge is -2.44. The number of ether oxygens (including phenoxy) is 2. The number of H-pyrrole nitrogens is 1. The number of anilines is 3. The molecule has 25 heteroatoms. The van der Waals surface area contributed by atoms with E-state index in [0.717, 1.165) is 4.90 Å². The molecule has 3 saturated heterocycles. The first-order chi connectivity index (χ1) is 36.8. The second kappa shape index (κ2) is 24.1. The zero-order valence-electron chi connectivity index (χ0n) is 42.7. The van der Waals surface area contributed by atoms with E-state index in [4.69, 9.17) is 9.47 Å². The summed E-state index contributed by atoms with van der Waals surface area (Å²) in [5, 5.41) is 7.48. The summed E-state index contributed by atoms with van der Waals surface area (Å²) in [6.07, 6.45) is -0.457. The average molecular weight is 1070 g/mol. The van der Waals surface area contributed by atoms with Crippen molar-refractivity contribution in [3.63, 3.8) is 0 Å². The maximum Gasteiger partial charge on any atom is 0.417 e. The Morgan fingerprint density at radius 3 is 2.23 bits per heavy atom. The minimum absolute atomic E-state index is 0.00586. The number of aromatic nitrogens is 3. The third-order valence-corrected chi connectivity index (χ3v) is 14.2. The van der Waals surface area contributed by atoms with Crippen LogP contribution >= 0.6 is 0 Å². The summed E-state index contributed by atoms with van der Waals surface area (Å²) < 4.78 is 69.2. The highest BCUT2D eigenvalue weighted by Gasteiger charge is 2.45. The molecule has 4 aromatic rings. The third-order valence-electron chi connectivity index (χ3n) is 14.2. The molecule has 0 radical (unpaired) electrons. The minimum atomic E-state index is -5.01. The largest absolute Gasteiger partial charge is 0.417 e. The number of likely N-dealkylation sites (N-methyl/N-ethyl adjacent to an activating group) is 1. The molecule has 77 heavy (non-hydrogen) atoms. The maximum atomic E-state index is 16.1. The van der Waals surface area contributed by atoms with Gasteiger partial charge in [-0.3, -0.25) is 53.5 Å². The number of hydrogen-bond donors (Lipinski definition) is 4. The molecule has 2 aromatic heterocycles. The van der Waals surface area contributed by atoms with E-state index in [1.54, 1.807) is 23.1 Å². The van der Waals surface area contributed by atoms with E-state index in [2.05, 4.69) is 35.8 Å². The summed E-state index contributed by atoms with van der Waals surface area (Å²) >= 11 is 0. The SMILES string of the molecule is C[C@@H]1CN(c2cc(F)c(-c3cnc(N4CCN(C(=O)CCC(=O)NCCOCCOCCCc5cccc6c5C(=O)N(C5CCC(=O)NC5=O)C6=O)CC4)nc3)cc2NC(=O)c2c[nH]c(=O)cc2C(F)(F)F)C[C@H](C)N1C. The van der Waals surface area contributed by atoms with Crippen molar-refractivity contribution in [1.29, 1.82) is 0 Å². The van der Waals surface area contributed by atoms with E-state index in [1.165, 1.54) is 24.5 Å². The van der Waals surface area contributed by atoms with Gasteiger partial charge >= 0.3 is 6.18 Å². The molecule has 3 fully saturated rings. The highest BCUT2D eigenvalue weighted by atomic mass is 19.4. The normalized spacial score (nSPS) is 19.1. The number of hydrogen-bond acceptors (Lipinski definition) is 15. The van der Waals surface area contributed by atoms with E-state index in [-0.39, 0.29) is 110 Å². The Morgan fingerprint density at radius 2 is 1.55 bits per heavy atom. The summed E-state index contributed by atoms with van der Waals surface area (Å²) in [4.78, 5) is 121. The number of nitrogens with one attached hydrogen (secondary N) is 4. The van der Waals surface area contributed by atoms with E-state index in [9.17, 15) is 51.5 Å². The number of pyridine rings is 1. The number of rotatable bonds is 19. The second-order valence-electron chi connectivity index (χ2n) is 19.3. The van der Waals surface area contributed by atoms with Gasteiger partial charge in [0.15, 0.2) is 0 Å². The number of carbonyl (C=O) groups excluding carboxylic acids is 7. The van der Waals surface area contributed by atoms with Gasteiger partial charge in [-0.1, -0.05) is 12.1 Å².